The van der Waals surface area contributed by atoms with Crippen LogP contribution in [0.5, 0.6) is 0 Å². The minimum Gasteiger partial charge on any atom is -0.349 e. The molecule has 2 heterocycles. The molecule has 1 aromatic heterocycles. The molecule has 0 saturated carbocycles. The van der Waals surface area contributed by atoms with Gasteiger partial charge in [-0.2, -0.15) is 0 Å². The number of piperidine rings is 1. The molecule has 1 amide bonds. The third-order valence-electron chi connectivity index (χ3n) is 4.10. The quantitative estimate of drug-likeness (QED) is 0.863. The van der Waals surface area contributed by atoms with Crippen LogP contribution in [0.15, 0.2) is 28.7 Å². The molecule has 1 aliphatic heterocycles. The molecule has 5 heteroatoms. The predicted octanol–water partition coefficient (Wildman–Crippen LogP) is 3.18. The van der Waals surface area contributed by atoms with Gasteiger partial charge >= 0.3 is 0 Å². The molecule has 2 atom stereocenters. The van der Waals surface area contributed by atoms with Crippen LogP contribution in [0.25, 0.3) is 10.9 Å². The molecule has 2 aromatic rings. The molecule has 1 fully saturated rings. The number of pyridine rings is 1. The second-order valence-corrected chi connectivity index (χ2v) is 6.94. The van der Waals surface area contributed by atoms with Crippen LogP contribution < -0.4 is 10.6 Å². The standard InChI is InChI=1S/C17H20BrN3O/c1-10-7-13(5-6-19-10)21-17(22)15-8-11(2)20-16-9-12(18)3-4-14(15)16/h3-4,8-10,13,19H,5-7H2,1-2H3,(H,21,22). The Balaban J connectivity index is 1.90. The van der Waals surface area contributed by atoms with Gasteiger partial charge in [0.25, 0.3) is 5.91 Å². The van der Waals surface area contributed by atoms with Crippen LogP contribution in [0.1, 0.15) is 35.8 Å². The number of amides is 1. The van der Waals surface area contributed by atoms with Gasteiger partial charge in [0.1, 0.15) is 0 Å². The lowest BCUT2D eigenvalue weighted by atomic mass is 9.99. The van der Waals surface area contributed by atoms with Crippen molar-refractivity contribution in [2.45, 2.75) is 38.8 Å². The summed E-state index contributed by atoms with van der Waals surface area (Å²) < 4.78 is 0.969. The first-order valence-corrected chi connectivity index (χ1v) is 8.43. The van der Waals surface area contributed by atoms with Crippen LogP contribution in [0, 0.1) is 6.92 Å². The minimum absolute atomic E-state index is 0.00285. The van der Waals surface area contributed by atoms with Crippen molar-refractivity contribution in [1.29, 1.82) is 0 Å². The Morgan fingerprint density at radius 1 is 1.41 bits per heavy atom. The van der Waals surface area contributed by atoms with Gasteiger partial charge in [0.05, 0.1) is 11.1 Å². The summed E-state index contributed by atoms with van der Waals surface area (Å²) in [6.07, 6.45) is 1.95. The molecule has 0 spiro atoms. The highest BCUT2D eigenvalue weighted by Gasteiger charge is 2.21. The molecule has 1 aliphatic rings. The number of fused-ring (bicyclic) bond motifs is 1. The Bertz CT molecular complexity index is 711. The molecule has 0 radical (unpaired) electrons. The van der Waals surface area contributed by atoms with Crippen LogP contribution in [0.4, 0.5) is 0 Å². The van der Waals surface area contributed by atoms with E-state index < -0.39 is 0 Å². The van der Waals surface area contributed by atoms with E-state index in [1.54, 1.807) is 0 Å². The molecule has 0 bridgehead atoms. The van der Waals surface area contributed by atoms with Crippen molar-refractivity contribution in [3.63, 3.8) is 0 Å². The highest BCUT2D eigenvalue weighted by molar-refractivity contribution is 9.10. The fraction of sp³-hybridized carbons (Fsp3) is 0.412. The minimum atomic E-state index is -0.00285. The summed E-state index contributed by atoms with van der Waals surface area (Å²) in [4.78, 5) is 17.2. The van der Waals surface area contributed by atoms with E-state index >= 15 is 0 Å². The fourth-order valence-electron chi connectivity index (χ4n) is 3.05. The van der Waals surface area contributed by atoms with Crippen LogP contribution in [-0.4, -0.2) is 29.5 Å². The Morgan fingerprint density at radius 2 is 2.23 bits per heavy atom. The van der Waals surface area contributed by atoms with Gasteiger partial charge in [-0.15, -0.1) is 0 Å². The third kappa shape index (κ3) is 3.31. The number of benzene rings is 1. The zero-order valence-corrected chi connectivity index (χ0v) is 14.4. The van der Waals surface area contributed by atoms with Gasteiger partial charge in [0.15, 0.2) is 0 Å². The normalized spacial score (nSPS) is 21.8. The Hall–Kier alpha value is -1.46. The second kappa shape index (κ2) is 6.34. The fourth-order valence-corrected chi connectivity index (χ4v) is 3.40. The number of hydrogen-bond acceptors (Lipinski definition) is 3. The number of rotatable bonds is 2. The highest BCUT2D eigenvalue weighted by Crippen LogP contribution is 2.23. The average Bonchev–Trinajstić information content (AvgIpc) is 2.45. The summed E-state index contributed by atoms with van der Waals surface area (Å²) in [5, 5.41) is 7.48. The van der Waals surface area contributed by atoms with Crippen molar-refractivity contribution in [2.75, 3.05) is 6.54 Å². The van der Waals surface area contributed by atoms with Crippen LogP contribution in [0.2, 0.25) is 0 Å². The SMILES string of the molecule is Cc1cc(C(=O)NC2CCNC(C)C2)c2ccc(Br)cc2n1. The van der Waals surface area contributed by atoms with Crippen molar-refractivity contribution >= 4 is 32.7 Å². The summed E-state index contributed by atoms with van der Waals surface area (Å²) in [5.74, 6) is -0.00285. The van der Waals surface area contributed by atoms with Crippen molar-refractivity contribution in [3.05, 3.63) is 40.0 Å². The van der Waals surface area contributed by atoms with Gasteiger partial charge in [-0.25, -0.2) is 0 Å². The molecule has 2 N–H and O–H groups in total. The van der Waals surface area contributed by atoms with Gasteiger partial charge in [0, 0.05) is 27.6 Å². The number of nitrogens with zero attached hydrogens (tertiary/aromatic N) is 1. The number of halogens is 1. The van der Waals surface area contributed by atoms with Crippen LogP contribution >= 0.6 is 15.9 Å². The number of nitrogens with one attached hydrogen (secondary N) is 2. The van der Waals surface area contributed by atoms with Gasteiger partial charge in [0.2, 0.25) is 0 Å². The summed E-state index contributed by atoms with van der Waals surface area (Å²) >= 11 is 3.46. The van der Waals surface area contributed by atoms with E-state index in [1.165, 1.54) is 0 Å². The molecule has 1 aromatic carbocycles. The van der Waals surface area contributed by atoms with Gasteiger partial charge in [-0.1, -0.05) is 22.0 Å². The molecule has 4 nitrogen and oxygen atoms in total. The zero-order chi connectivity index (χ0) is 15.7. The van der Waals surface area contributed by atoms with Crippen LogP contribution in [-0.2, 0) is 0 Å². The Morgan fingerprint density at radius 3 is 3.00 bits per heavy atom. The smallest absolute Gasteiger partial charge is 0.252 e. The monoisotopic (exact) mass is 361 g/mol. The third-order valence-corrected chi connectivity index (χ3v) is 4.60. The lowest BCUT2D eigenvalue weighted by molar-refractivity contribution is 0.0927. The molecule has 22 heavy (non-hydrogen) atoms. The first-order chi connectivity index (χ1) is 10.5. The summed E-state index contributed by atoms with van der Waals surface area (Å²) in [5.41, 5.74) is 2.41. The number of aryl methyl sites for hydroxylation is 1. The number of carbonyl (C=O) groups is 1. The number of aromatic nitrogens is 1. The van der Waals surface area contributed by atoms with E-state index in [-0.39, 0.29) is 11.9 Å². The van der Waals surface area contributed by atoms with E-state index in [1.807, 2.05) is 31.2 Å². The first-order valence-electron chi connectivity index (χ1n) is 7.64. The number of carbonyl (C=O) groups excluding carboxylic acids is 1. The lowest BCUT2D eigenvalue weighted by Crippen LogP contribution is -2.46. The molecule has 1 saturated heterocycles. The van der Waals surface area contributed by atoms with E-state index in [0.717, 1.165) is 40.5 Å². The van der Waals surface area contributed by atoms with Gasteiger partial charge in [-0.05, 0) is 51.4 Å². The second-order valence-electron chi connectivity index (χ2n) is 6.02. The van der Waals surface area contributed by atoms with Crippen LogP contribution in [0.3, 0.4) is 0 Å². The molecule has 0 aliphatic carbocycles. The zero-order valence-electron chi connectivity index (χ0n) is 12.8. The maximum absolute atomic E-state index is 12.7. The van der Waals surface area contributed by atoms with Gasteiger partial charge < -0.3 is 10.6 Å². The Labute approximate surface area is 138 Å². The molecule has 116 valence electrons. The average molecular weight is 362 g/mol. The maximum atomic E-state index is 12.7. The first kappa shape index (κ1) is 15.4. The molecule has 2 unspecified atom stereocenters. The predicted molar refractivity (Wildman–Crippen MR) is 92.1 cm³/mol. The van der Waals surface area contributed by atoms with Crippen molar-refractivity contribution in [3.8, 4) is 0 Å². The Kier molecular flexibility index (Phi) is 4.45. The number of hydrogen-bond donors (Lipinski definition) is 2. The van der Waals surface area contributed by atoms with E-state index in [2.05, 4.69) is 38.5 Å². The molecular weight excluding hydrogens is 342 g/mol. The molecule has 3 rings (SSSR count). The maximum Gasteiger partial charge on any atom is 0.252 e. The van der Waals surface area contributed by atoms with Crippen molar-refractivity contribution in [2.24, 2.45) is 0 Å². The highest BCUT2D eigenvalue weighted by atomic mass is 79.9. The van der Waals surface area contributed by atoms with Crippen molar-refractivity contribution in [1.82, 2.24) is 15.6 Å². The van der Waals surface area contributed by atoms with E-state index in [4.69, 9.17) is 0 Å². The summed E-state index contributed by atoms with van der Waals surface area (Å²) in [7, 11) is 0. The summed E-state index contributed by atoms with van der Waals surface area (Å²) in [6.45, 7) is 5.03. The van der Waals surface area contributed by atoms with Gasteiger partial charge in [-0.3, -0.25) is 9.78 Å². The largest absolute Gasteiger partial charge is 0.349 e. The topological polar surface area (TPSA) is 54.0 Å². The van der Waals surface area contributed by atoms with E-state index in [9.17, 15) is 4.79 Å². The van der Waals surface area contributed by atoms with Crippen molar-refractivity contribution < 1.29 is 4.79 Å². The lowest BCUT2D eigenvalue weighted by Gasteiger charge is -2.28. The van der Waals surface area contributed by atoms with E-state index in [0.29, 0.717) is 11.6 Å². The molecular formula is C17H20BrN3O. The summed E-state index contributed by atoms with van der Waals surface area (Å²) in [6, 6.07) is 8.41.